The number of halogens is 1. The first kappa shape index (κ1) is 24.4. The van der Waals surface area contributed by atoms with Crippen molar-refractivity contribution in [2.75, 3.05) is 5.32 Å². The summed E-state index contributed by atoms with van der Waals surface area (Å²) in [4.78, 5) is 16.6. The van der Waals surface area contributed by atoms with Crippen molar-refractivity contribution in [2.24, 2.45) is 5.10 Å². The Morgan fingerprint density at radius 2 is 2.00 bits per heavy atom. The highest BCUT2D eigenvalue weighted by molar-refractivity contribution is 8.00. The number of pyridine rings is 1. The Kier molecular flexibility index (Phi) is 8.12. The summed E-state index contributed by atoms with van der Waals surface area (Å²) in [5, 5.41) is 17.1. The van der Waals surface area contributed by atoms with E-state index in [2.05, 4.69) is 31.0 Å². The summed E-state index contributed by atoms with van der Waals surface area (Å²) in [6.07, 6.45) is 4.90. The molecule has 1 atom stereocenters. The van der Waals surface area contributed by atoms with Crippen molar-refractivity contribution >= 4 is 41.2 Å². The van der Waals surface area contributed by atoms with Gasteiger partial charge in [-0.3, -0.25) is 14.3 Å². The molecule has 8 nitrogen and oxygen atoms in total. The van der Waals surface area contributed by atoms with E-state index >= 15 is 0 Å². The van der Waals surface area contributed by atoms with Crippen molar-refractivity contribution in [2.45, 2.75) is 30.8 Å². The van der Waals surface area contributed by atoms with Crippen LogP contribution < -0.4 is 10.7 Å². The van der Waals surface area contributed by atoms with Crippen LogP contribution in [-0.2, 0) is 11.3 Å². The first-order valence-corrected chi connectivity index (χ1v) is 12.2. The maximum absolute atomic E-state index is 12.6. The highest BCUT2D eigenvalue weighted by Crippen LogP contribution is 2.27. The third kappa shape index (κ3) is 6.46. The number of nitrogens with one attached hydrogen (secondary N) is 2. The first-order chi connectivity index (χ1) is 17.0. The Hall–Kier alpha value is -3.69. The van der Waals surface area contributed by atoms with Crippen LogP contribution >= 0.6 is 23.4 Å². The van der Waals surface area contributed by atoms with Crippen LogP contribution in [-0.4, -0.2) is 37.1 Å². The van der Waals surface area contributed by atoms with E-state index < -0.39 is 5.25 Å². The zero-order chi connectivity index (χ0) is 24.6. The molecule has 2 aromatic carbocycles. The van der Waals surface area contributed by atoms with Crippen LogP contribution in [0.4, 0.5) is 5.69 Å². The van der Waals surface area contributed by atoms with Crippen LogP contribution in [0.2, 0.25) is 5.02 Å². The molecule has 0 saturated carbocycles. The predicted molar refractivity (Wildman–Crippen MR) is 140 cm³/mol. The molecule has 178 valence electrons. The summed E-state index contributed by atoms with van der Waals surface area (Å²) in [6.45, 7) is 4.24. The van der Waals surface area contributed by atoms with Crippen molar-refractivity contribution in [3.8, 4) is 5.69 Å². The first-order valence-electron chi connectivity index (χ1n) is 10.9. The lowest BCUT2D eigenvalue weighted by atomic mass is 10.2. The minimum atomic E-state index is -0.452. The number of benzene rings is 2. The van der Waals surface area contributed by atoms with E-state index in [1.54, 1.807) is 31.6 Å². The molecule has 2 heterocycles. The molecule has 0 bridgehead atoms. The van der Waals surface area contributed by atoms with Crippen molar-refractivity contribution < 1.29 is 4.79 Å². The summed E-state index contributed by atoms with van der Waals surface area (Å²) >= 11 is 7.39. The van der Waals surface area contributed by atoms with Gasteiger partial charge in [0.05, 0.1) is 18.0 Å². The van der Waals surface area contributed by atoms with Crippen LogP contribution in [0.5, 0.6) is 0 Å². The normalized spacial score (nSPS) is 12.0. The molecule has 1 unspecified atom stereocenters. The van der Waals surface area contributed by atoms with Crippen molar-refractivity contribution in [3.05, 3.63) is 95.0 Å². The molecule has 0 saturated heterocycles. The van der Waals surface area contributed by atoms with E-state index in [0.717, 1.165) is 28.3 Å². The van der Waals surface area contributed by atoms with Crippen molar-refractivity contribution in [1.82, 2.24) is 25.2 Å². The van der Waals surface area contributed by atoms with Crippen LogP contribution in [0, 0.1) is 6.92 Å². The summed E-state index contributed by atoms with van der Waals surface area (Å²) in [5.41, 5.74) is 6.28. The number of amides is 1. The van der Waals surface area contributed by atoms with E-state index in [4.69, 9.17) is 11.6 Å². The van der Waals surface area contributed by atoms with Crippen molar-refractivity contribution in [1.29, 1.82) is 0 Å². The number of hydrazone groups is 1. The second-order valence-corrected chi connectivity index (χ2v) is 9.41. The van der Waals surface area contributed by atoms with Gasteiger partial charge >= 0.3 is 0 Å². The lowest BCUT2D eigenvalue weighted by molar-refractivity contribution is -0.120. The zero-order valence-corrected chi connectivity index (χ0v) is 20.8. The summed E-state index contributed by atoms with van der Waals surface area (Å²) in [7, 11) is 0. The van der Waals surface area contributed by atoms with Crippen LogP contribution in [0.25, 0.3) is 5.69 Å². The third-order valence-corrected chi connectivity index (χ3v) is 6.34. The molecule has 35 heavy (non-hydrogen) atoms. The molecule has 2 aromatic heterocycles. The van der Waals surface area contributed by atoms with Gasteiger partial charge in [0.1, 0.15) is 0 Å². The molecule has 2 N–H and O–H groups in total. The maximum atomic E-state index is 12.6. The fourth-order valence-corrected chi connectivity index (χ4v) is 4.36. The molecule has 0 radical (unpaired) electrons. The van der Waals surface area contributed by atoms with E-state index in [9.17, 15) is 4.79 Å². The largest absolute Gasteiger partial charge is 0.378 e. The van der Waals surface area contributed by atoms with Crippen LogP contribution in [0.3, 0.4) is 0 Å². The van der Waals surface area contributed by atoms with Gasteiger partial charge < -0.3 is 5.32 Å². The van der Waals surface area contributed by atoms with E-state index in [1.807, 2.05) is 66.1 Å². The summed E-state index contributed by atoms with van der Waals surface area (Å²) < 4.78 is 1.95. The fraction of sp³-hybridized carbons (Fsp3) is 0.160. The molecule has 0 spiro atoms. The van der Waals surface area contributed by atoms with Gasteiger partial charge in [-0.1, -0.05) is 47.6 Å². The molecule has 0 aliphatic rings. The molecule has 0 aliphatic carbocycles. The zero-order valence-electron chi connectivity index (χ0n) is 19.2. The molecule has 10 heteroatoms. The quantitative estimate of drug-likeness (QED) is 0.191. The average Bonchev–Trinajstić information content (AvgIpc) is 3.26. The van der Waals surface area contributed by atoms with E-state index in [0.29, 0.717) is 16.7 Å². The van der Waals surface area contributed by atoms with Crippen molar-refractivity contribution in [3.63, 3.8) is 0 Å². The molecular weight excluding hydrogens is 482 g/mol. The van der Waals surface area contributed by atoms with Crippen LogP contribution in [0.1, 0.15) is 23.9 Å². The van der Waals surface area contributed by atoms with Gasteiger partial charge in [0.2, 0.25) is 0 Å². The Bertz CT molecular complexity index is 1310. The van der Waals surface area contributed by atoms with Gasteiger partial charge in [-0.15, -0.1) is 10.2 Å². The second kappa shape index (κ2) is 11.6. The number of carbonyl (C=O) groups is 1. The third-order valence-electron chi connectivity index (χ3n) is 5.06. The number of aryl methyl sites for hydroxylation is 1. The minimum absolute atomic E-state index is 0.241. The number of nitrogens with zero attached hydrogens (tertiary/aromatic N) is 5. The summed E-state index contributed by atoms with van der Waals surface area (Å²) in [5.74, 6) is 0.476. The van der Waals surface area contributed by atoms with Crippen LogP contribution in [0.15, 0.2) is 83.3 Å². The molecular formula is C25H24ClN7OS. The lowest BCUT2D eigenvalue weighted by Crippen LogP contribution is -2.27. The minimum Gasteiger partial charge on any atom is -0.378 e. The Balaban J connectivity index is 1.49. The standard InChI is InChI=1S/C25H24ClN7OS/c1-17-13-20(26)10-11-22(17)28-16-23-30-32-25(33(23)21-8-4-3-5-9-21)35-18(2)24(34)31-29-15-19-7-6-12-27-14-19/h3-15,18,28H,16H2,1-2H3,(H,31,34). The summed E-state index contributed by atoms with van der Waals surface area (Å²) in [6, 6.07) is 19.2. The van der Waals surface area contributed by atoms with E-state index in [1.165, 1.54) is 11.8 Å². The fourth-order valence-electron chi connectivity index (χ4n) is 3.25. The number of thioether (sulfide) groups is 1. The smallest absolute Gasteiger partial charge is 0.253 e. The number of carbonyl (C=O) groups excluding carboxylic acids is 1. The average molecular weight is 506 g/mol. The topological polar surface area (TPSA) is 97.1 Å². The van der Waals surface area contributed by atoms with E-state index in [-0.39, 0.29) is 5.91 Å². The number of hydrogen-bond acceptors (Lipinski definition) is 7. The van der Waals surface area contributed by atoms with Gasteiger partial charge in [0.15, 0.2) is 11.0 Å². The number of aromatic nitrogens is 4. The van der Waals surface area contributed by atoms with Gasteiger partial charge in [0.25, 0.3) is 5.91 Å². The number of para-hydroxylation sites is 1. The van der Waals surface area contributed by atoms with Gasteiger partial charge in [-0.25, -0.2) is 5.43 Å². The monoisotopic (exact) mass is 505 g/mol. The predicted octanol–water partition coefficient (Wildman–Crippen LogP) is 4.87. The molecule has 0 fully saturated rings. The lowest BCUT2D eigenvalue weighted by Gasteiger charge is -2.14. The SMILES string of the molecule is Cc1cc(Cl)ccc1NCc1nnc(SC(C)C(=O)NN=Cc2cccnc2)n1-c1ccccc1. The van der Waals surface area contributed by atoms with Gasteiger partial charge in [0, 0.05) is 34.4 Å². The van der Waals surface area contributed by atoms with Gasteiger partial charge in [-0.05, 0) is 55.8 Å². The number of rotatable bonds is 9. The maximum Gasteiger partial charge on any atom is 0.253 e. The number of anilines is 1. The molecule has 0 aliphatic heterocycles. The Morgan fingerprint density at radius 1 is 1.17 bits per heavy atom. The Morgan fingerprint density at radius 3 is 2.74 bits per heavy atom. The second-order valence-electron chi connectivity index (χ2n) is 7.66. The molecule has 1 amide bonds. The molecule has 4 aromatic rings. The molecule has 4 rings (SSSR count). The highest BCUT2D eigenvalue weighted by atomic mass is 35.5. The Labute approximate surface area is 212 Å². The number of hydrogen-bond donors (Lipinski definition) is 2. The van der Waals surface area contributed by atoms with Gasteiger partial charge in [-0.2, -0.15) is 5.10 Å². The highest BCUT2D eigenvalue weighted by Gasteiger charge is 2.21.